The number of ketones is 1. The molecule has 0 amide bonds. The molecule has 76 valence electrons. The van der Waals surface area contributed by atoms with E-state index in [1.165, 1.54) is 24.3 Å². The van der Waals surface area contributed by atoms with Crippen molar-refractivity contribution in [2.24, 2.45) is 5.73 Å². The van der Waals surface area contributed by atoms with Crippen molar-refractivity contribution in [1.29, 1.82) is 0 Å². The maximum absolute atomic E-state index is 12.5. The minimum atomic E-state index is -0.316. The number of nitrogens with two attached hydrogens (primary N) is 1. The quantitative estimate of drug-likeness (QED) is 0.577. The third-order valence-corrected chi connectivity index (χ3v) is 2.02. The molecule has 14 heavy (non-hydrogen) atoms. The molecular weight excluding hydrogens is 181 g/mol. The first-order valence-corrected chi connectivity index (χ1v) is 4.73. The van der Waals surface area contributed by atoms with E-state index in [2.05, 4.69) is 0 Å². The predicted molar refractivity (Wildman–Crippen MR) is 53.6 cm³/mol. The molecule has 1 aromatic carbocycles. The number of rotatable bonds is 5. The van der Waals surface area contributed by atoms with Crippen LogP contribution in [0, 0.1) is 5.82 Å². The van der Waals surface area contributed by atoms with E-state index in [0.29, 0.717) is 18.5 Å². The van der Waals surface area contributed by atoms with Crippen molar-refractivity contribution in [3.05, 3.63) is 35.6 Å². The summed E-state index contributed by atoms with van der Waals surface area (Å²) in [6.45, 7) is 0.608. The largest absolute Gasteiger partial charge is 0.330 e. The molecule has 0 unspecified atom stereocenters. The molecule has 0 saturated carbocycles. The van der Waals surface area contributed by atoms with Gasteiger partial charge in [0.15, 0.2) is 5.78 Å². The Morgan fingerprint density at radius 2 is 1.86 bits per heavy atom. The summed E-state index contributed by atoms with van der Waals surface area (Å²) in [6, 6.07) is 5.63. The van der Waals surface area contributed by atoms with Gasteiger partial charge in [0, 0.05) is 12.0 Å². The zero-order valence-corrected chi connectivity index (χ0v) is 8.00. The minimum absolute atomic E-state index is 0.0541. The molecule has 2 N–H and O–H groups in total. The third-order valence-electron chi connectivity index (χ3n) is 2.02. The molecule has 1 aromatic rings. The smallest absolute Gasteiger partial charge is 0.162 e. The van der Waals surface area contributed by atoms with Crippen LogP contribution in [0.25, 0.3) is 0 Å². The SMILES string of the molecule is NCCCCC(=O)c1ccc(F)cc1. The number of unbranched alkanes of at least 4 members (excludes halogenated alkanes) is 1. The van der Waals surface area contributed by atoms with Crippen LogP contribution in [-0.2, 0) is 0 Å². The summed E-state index contributed by atoms with van der Waals surface area (Å²) in [7, 11) is 0. The van der Waals surface area contributed by atoms with Crippen LogP contribution < -0.4 is 5.73 Å². The number of hydrogen-bond acceptors (Lipinski definition) is 2. The van der Waals surface area contributed by atoms with E-state index in [1.54, 1.807) is 0 Å². The van der Waals surface area contributed by atoms with E-state index in [9.17, 15) is 9.18 Å². The fourth-order valence-corrected chi connectivity index (χ4v) is 1.21. The van der Waals surface area contributed by atoms with Crippen molar-refractivity contribution in [1.82, 2.24) is 0 Å². The van der Waals surface area contributed by atoms with Gasteiger partial charge >= 0.3 is 0 Å². The Labute approximate surface area is 82.9 Å². The van der Waals surface area contributed by atoms with Crippen LogP contribution in [-0.4, -0.2) is 12.3 Å². The van der Waals surface area contributed by atoms with Gasteiger partial charge < -0.3 is 5.73 Å². The van der Waals surface area contributed by atoms with Gasteiger partial charge in [0.1, 0.15) is 5.82 Å². The molecule has 0 aliphatic heterocycles. The van der Waals surface area contributed by atoms with Crippen molar-refractivity contribution in [2.45, 2.75) is 19.3 Å². The first kappa shape index (κ1) is 10.9. The van der Waals surface area contributed by atoms with E-state index in [1.807, 2.05) is 0 Å². The minimum Gasteiger partial charge on any atom is -0.330 e. The predicted octanol–water partition coefficient (Wildman–Crippen LogP) is 2.14. The van der Waals surface area contributed by atoms with Crippen molar-refractivity contribution >= 4 is 5.78 Å². The maximum Gasteiger partial charge on any atom is 0.162 e. The van der Waals surface area contributed by atoms with Crippen LogP contribution in [0.5, 0.6) is 0 Å². The summed E-state index contributed by atoms with van der Waals surface area (Å²) in [6.07, 6.45) is 2.14. The number of benzene rings is 1. The van der Waals surface area contributed by atoms with Gasteiger partial charge in [0.25, 0.3) is 0 Å². The Hall–Kier alpha value is -1.22. The van der Waals surface area contributed by atoms with E-state index >= 15 is 0 Å². The monoisotopic (exact) mass is 195 g/mol. The van der Waals surface area contributed by atoms with Crippen LogP contribution in [0.2, 0.25) is 0 Å². The first-order valence-electron chi connectivity index (χ1n) is 4.73. The molecular formula is C11H14FNO. The zero-order valence-electron chi connectivity index (χ0n) is 8.00. The Bertz CT molecular complexity index is 295. The Kier molecular flexibility index (Phi) is 4.26. The normalized spacial score (nSPS) is 10.1. The van der Waals surface area contributed by atoms with Crippen LogP contribution in [0.4, 0.5) is 4.39 Å². The van der Waals surface area contributed by atoms with Crippen molar-refractivity contribution in [2.75, 3.05) is 6.54 Å². The van der Waals surface area contributed by atoms with E-state index in [-0.39, 0.29) is 11.6 Å². The highest BCUT2D eigenvalue weighted by atomic mass is 19.1. The number of halogens is 1. The summed E-state index contributed by atoms with van der Waals surface area (Å²) in [5, 5.41) is 0. The molecule has 0 radical (unpaired) electrons. The van der Waals surface area contributed by atoms with E-state index in [0.717, 1.165) is 12.8 Å². The highest BCUT2D eigenvalue weighted by Gasteiger charge is 2.04. The second kappa shape index (κ2) is 5.50. The summed E-state index contributed by atoms with van der Waals surface area (Å²) in [5.74, 6) is -0.262. The van der Waals surface area contributed by atoms with Crippen LogP contribution >= 0.6 is 0 Å². The lowest BCUT2D eigenvalue weighted by Gasteiger charge is -1.99. The molecule has 0 atom stereocenters. The zero-order chi connectivity index (χ0) is 10.4. The van der Waals surface area contributed by atoms with Gasteiger partial charge in [-0.3, -0.25) is 4.79 Å². The molecule has 0 aliphatic carbocycles. The molecule has 1 rings (SSSR count). The van der Waals surface area contributed by atoms with Crippen LogP contribution in [0.3, 0.4) is 0 Å². The Morgan fingerprint density at radius 1 is 1.21 bits per heavy atom. The van der Waals surface area contributed by atoms with Crippen molar-refractivity contribution < 1.29 is 9.18 Å². The van der Waals surface area contributed by atoms with Crippen molar-refractivity contribution in [3.8, 4) is 0 Å². The number of hydrogen-bond donors (Lipinski definition) is 1. The second-order valence-electron chi connectivity index (χ2n) is 3.18. The summed E-state index contributed by atoms with van der Waals surface area (Å²) in [5.41, 5.74) is 5.89. The third kappa shape index (κ3) is 3.26. The molecule has 0 aromatic heterocycles. The highest BCUT2D eigenvalue weighted by molar-refractivity contribution is 5.95. The van der Waals surface area contributed by atoms with Gasteiger partial charge in [-0.1, -0.05) is 0 Å². The van der Waals surface area contributed by atoms with Crippen LogP contribution in [0.15, 0.2) is 24.3 Å². The molecule has 0 saturated heterocycles. The number of carbonyl (C=O) groups is 1. The second-order valence-corrected chi connectivity index (χ2v) is 3.18. The van der Waals surface area contributed by atoms with E-state index in [4.69, 9.17) is 5.73 Å². The number of Topliss-reactive ketones (excluding diaryl/α,β-unsaturated/α-hetero) is 1. The van der Waals surface area contributed by atoms with Gasteiger partial charge in [0.05, 0.1) is 0 Å². The molecule has 2 nitrogen and oxygen atoms in total. The lowest BCUT2D eigenvalue weighted by molar-refractivity contribution is 0.0979. The Morgan fingerprint density at radius 3 is 2.43 bits per heavy atom. The lowest BCUT2D eigenvalue weighted by atomic mass is 10.1. The number of carbonyl (C=O) groups excluding carboxylic acids is 1. The highest BCUT2D eigenvalue weighted by Crippen LogP contribution is 2.07. The molecule has 0 aliphatic rings. The van der Waals surface area contributed by atoms with Gasteiger partial charge in [0.2, 0.25) is 0 Å². The fraction of sp³-hybridized carbons (Fsp3) is 0.364. The van der Waals surface area contributed by atoms with E-state index < -0.39 is 0 Å². The average Bonchev–Trinajstić information content (AvgIpc) is 2.19. The van der Waals surface area contributed by atoms with Gasteiger partial charge in [-0.05, 0) is 43.7 Å². The fourth-order valence-electron chi connectivity index (χ4n) is 1.21. The van der Waals surface area contributed by atoms with Gasteiger partial charge in [-0.25, -0.2) is 4.39 Å². The topological polar surface area (TPSA) is 43.1 Å². The van der Waals surface area contributed by atoms with Gasteiger partial charge in [-0.15, -0.1) is 0 Å². The molecule has 0 heterocycles. The molecule has 0 spiro atoms. The molecule has 3 heteroatoms. The summed E-state index contributed by atoms with van der Waals surface area (Å²) in [4.78, 5) is 11.5. The first-order chi connectivity index (χ1) is 6.74. The average molecular weight is 195 g/mol. The lowest BCUT2D eigenvalue weighted by Crippen LogP contribution is -2.02. The molecule has 0 bridgehead atoms. The van der Waals surface area contributed by atoms with Gasteiger partial charge in [-0.2, -0.15) is 0 Å². The summed E-state index contributed by atoms with van der Waals surface area (Å²) < 4.78 is 12.5. The molecule has 0 fully saturated rings. The van der Waals surface area contributed by atoms with Crippen LogP contribution in [0.1, 0.15) is 29.6 Å². The maximum atomic E-state index is 12.5. The van der Waals surface area contributed by atoms with Crippen molar-refractivity contribution in [3.63, 3.8) is 0 Å². The standard InChI is InChI=1S/C11H14FNO/c12-10-6-4-9(5-7-10)11(14)3-1-2-8-13/h4-7H,1-3,8,13H2. The Balaban J connectivity index is 2.48. The summed E-state index contributed by atoms with van der Waals surface area (Å²) >= 11 is 0.